The van der Waals surface area contributed by atoms with Crippen LogP contribution in [0, 0.1) is 0 Å². The molecule has 0 atom stereocenters. The molecule has 26 heavy (non-hydrogen) atoms. The van der Waals surface area contributed by atoms with E-state index < -0.39 is 0 Å². The summed E-state index contributed by atoms with van der Waals surface area (Å²) in [6.45, 7) is 2.32. The Labute approximate surface area is 153 Å². The summed E-state index contributed by atoms with van der Waals surface area (Å²) in [5, 5.41) is 13.0. The van der Waals surface area contributed by atoms with Crippen molar-refractivity contribution in [3.63, 3.8) is 0 Å². The van der Waals surface area contributed by atoms with Crippen molar-refractivity contribution in [3.05, 3.63) is 47.7 Å². The number of aliphatic hydroxyl groups excluding tert-OH is 1. The molecule has 1 aromatic carbocycles. The van der Waals surface area contributed by atoms with Crippen LogP contribution in [0.25, 0.3) is 0 Å². The van der Waals surface area contributed by atoms with Crippen molar-refractivity contribution in [2.24, 2.45) is 0 Å². The van der Waals surface area contributed by atoms with E-state index >= 15 is 0 Å². The molecule has 1 aromatic heterocycles. The van der Waals surface area contributed by atoms with E-state index in [0.717, 1.165) is 57.0 Å². The van der Waals surface area contributed by atoms with Gasteiger partial charge in [0, 0.05) is 37.2 Å². The molecule has 138 valence electrons. The lowest BCUT2D eigenvalue weighted by molar-refractivity contribution is 0.0543. The number of nitrogens with one attached hydrogen (secondary N) is 1. The molecule has 2 heterocycles. The van der Waals surface area contributed by atoms with E-state index in [1.54, 1.807) is 0 Å². The van der Waals surface area contributed by atoms with Crippen LogP contribution in [0.2, 0.25) is 0 Å². The minimum Gasteiger partial charge on any atom is -0.393 e. The van der Waals surface area contributed by atoms with Crippen LogP contribution in [0.1, 0.15) is 42.9 Å². The second-order valence-corrected chi connectivity index (χ2v) is 7.47. The molecular formula is C20H26N4O2. The minimum absolute atomic E-state index is 0.0338. The highest BCUT2D eigenvalue weighted by Crippen LogP contribution is 2.37. The first-order valence-electron chi connectivity index (χ1n) is 9.34. The van der Waals surface area contributed by atoms with Crippen molar-refractivity contribution in [2.45, 2.75) is 43.1 Å². The molecule has 1 aliphatic heterocycles. The van der Waals surface area contributed by atoms with Crippen LogP contribution in [-0.2, 0) is 10.2 Å². The number of aromatic nitrogens is 2. The van der Waals surface area contributed by atoms with Gasteiger partial charge in [0.2, 0.25) is 5.95 Å². The Hall–Kier alpha value is -2.18. The number of aliphatic hydroxyl groups is 1. The van der Waals surface area contributed by atoms with Crippen LogP contribution in [0.4, 0.5) is 11.8 Å². The maximum Gasteiger partial charge on any atom is 0.222 e. The lowest BCUT2D eigenvalue weighted by Crippen LogP contribution is -2.40. The van der Waals surface area contributed by atoms with E-state index in [4.69, 9.17) is 10.5 Å². The average Bonchev–Trinajstić information content (AvgIpc) is 2.65. The number of nitrogens with zero attached hydrogens (tertiary/aromatic N) is 2. The van der Waals surface area contributed by atoms with Crippen molar-refractivity contribution in [3.8, 4) is 0 Å². The van der Waals surface area contributed by atoms with E-state index in [0.29, 0.717) is 0 Å². The molecule has 2 aliphatic rings. The molecule has 2 aromatic rings. The number of ether oxygens (including phenoxy) is 1. The monoisotopic (exact) mass is 354 g/mol. The van der Waals surface area contributed by atoms with Gasteiger partial charge < -0.3 is 20.9 Å². The molecule has 0 radical (unpaired) electrons. The summed E-state index contributed by atoms with van der Waals surface area (Å²) in [6, 6.07) is 12.6. The van der Waals surface area contributed by atoms with Gasteiger partial charge in [0.05, 0.1) is 11.8 Å². The van der Waals surface area contributed by atoms with Gasteiger partial charge in [-0.2, -0.15) is 4.98 Å². The van der Waals surface area contributed by atoms with Gasteiger partial charge in [-0.15, -0.1) is 0 Å². The van der Waals surface area contributed by atoms with E-state index in [1.807, 2.05) is 12.1 Å². The Bertz CT molecular complexity index is 741. The van der Waals surface area contributed by atoms with E-state index in [2.05, 4.69) is 39.6 Å². The topological polar surface area (TPSA) is 93.3 Å². The average molecular weight is 354 g/mol. The summed E-state index contributed by atoms with van der Waals surface area (Å²) < 4.78 is 5.60. The Morgan fingerprint density at radius 2 is 1.88 bits per heavy atom. The highest BCUT2D eigenvalue weighted by molar-refractivity contribution is 5.43. The number of anilines is 2. The summed E-state index contributed by atoms with van der Waals surface area (Å²) >= 11 is 0. The van der Waals surface area contributed by atoms with Crippen LogP contribution < -0.4 is 11.1 Å². The highest BCUT2D eigenvalue weighted by atomic mass is 16.5. The van der Waals surface area contributed by atoms with Crippen molar-refractivity contribution < 1.29 is 9.84 Å². The maximum atomic E-state index is 9.55. The van der Waals surface area contributed by atoms with Gasteiger partial charge in [-0.1, -0.05) is 30.3 Å². The third-order valence-electron chi connectivity index (χ3n) is 5.74. The molecule has 1 saturated heterocycles. The summed E-state index contributed by atoms with van der Waals surface area (Å²) in [4.78, 5) is 8.72. The first-order chi connectivity index (χ1) is 12.6. The zero-order valence-electron chi connectivity index (χ0n) is 14.9. The lowest BCUT2D eigenvalue weighted by atomic mass is 9.74. The van der Waals surface area contributed by atoms with Gasteiger partial charge in [-0.25, -0.2) is 4.98 Å². The Morgan fingerprint density at radius 1 is 1.15 bits per heavy atom. The molecule has 4 N–H and O–H groups in total. The van der Waals surface area contributed by atoms with Crippen molar-refractivity contribution >= 4 is 11.8 Å². The summed E-state index contributed by atoms with van der Waals surface area (Å²) in [5.74, 6) is 1.32. The molecule has 1 saturated carbocycles. The molecule has 6 heteroatoms. The van der Waals surface area contributed by atoms with Crippen molar-refractivity contribution in [1.29, 1.82) is 0 Å². The smallest absolute Gasteiger partial charge is 0.222 e. The predicted molar refractivity (Wildman–Crippen MR) is 101 cm³/mol. The molecule has 0 spiro atoms. The van der Waals surface area contributed by atoms with Crippen LogP contribution in [0.3, 0.4) is 0 Å². The Kier molecular flexibility index (Phi) is 4.78. The van der Waals surface area contributed by atoms with E-state index in [-0.39, 0.29) is 23.4 Å². The van der Waals surface area contributed by atoms with Gasteiger partial charge in [0.1, 0.15) is 5.82 Å². The minimum atomic E-state index is -0.212. The van der Waals surface area contributed by atoms with Gasteiger partial charge in [0.15, 0.2) is 0 Å². The van der Waals surface area contributed by atoms with Crippen molar-refractivity contribution in [2.75, 3.05) is 30.8 Å². The van der Waals surface area contributed by atoms with Gasteiger partial charge in [-0.3, -0.25) is 0 Å². The zero-order valence-corrected chi connectivity index (χ0v) is 14.9. The standard InChI is InChI=1S/C20H26N4O2/c21-19-23-17(14-10-16(25)11-14)12-18(24-19)22-13-20(6-8-26-9-7-20)15-4-2-1-3-5-15/h1-5,12,14,16,25H,6-11,13H2,(H3,21,22,23,24). The molecule has 0 bridgehead atoms. The maximum absolute atomic E-state index is 9.55. The molecule has 4 rings (SSSR count). The first-order valence-corrected chi connectivity index (χ1v) is 9.34. The van der Waals surface area contributed by atoms with Gasteiger partial charge in [0.25, 0.3) is 0 Å². The number of hydrogen-bond donors (Lipinski definition) is 3. The fourth-order valence-electron chi connectivity index (χ4n) is 4.00. The second-order valence-electron chi connectivity index (χ2n) is 7.47. The quantitative estimate of drug-likeness (QED) is 0.764. The fraction of sp³-hybridized carbons (Fsp3) is 0.500. The number of nitrogens with two attached hydrogens (primary N) is 1. The summed E-state index contributed by atoms with van der Waals surface area (Å²) in [7, 11) is 0. The second kappa shape index (κ2) is 7.21. The molecule has 0 unspecified atom stereocenters. The summed E-state index contributed by atoms with van der Waals surface area (Å²) in [6.07, 6.45) is 3.25. The Morgan fingerprint density at radius 3 is 2.58 bits per heavy atom. The third-order valence-corrected chi connectivity index (χ3v) is 5.74. The lowest BCUT2D eigenvalue weighted by Gasteiger charge is -2.38. The van der Waals surface area contributed by atoms with Crippen LogP contribution in [0.15, 0.2) is 36.4 Å². The van der Waals surface area contributed by atoms with Crippen LogP contribution >= 0.6 is 0 Å². The number of nitrogen functional groups attached to an aromatic ring is 1. The SMILES string of the molecule is Nc1nc(NCC2(c3ccccc3)CCOCC2)cc(C2CC(O)C2)n1. The van der Waals surface area contributed by atoms with Crippen LogP contribution in [0.5, 0.6) is 0 Å². The third kappa shape index (κ3) is 3.52. The predicted octanol–water partition coefficient (Wildman–Crippen LogP) is 2.46. The van der Waals surface area contributed by atoms with Crippen molar-refractivity contribution in [1.82, 2.24) is 9.97 Å². The Balaban J connectivity index is 1.53. The number of hydrogen-bond acceptors (Lipinski definition) is 6. The molecule has 2 fully saturated rings. The van der Waals surface area contributed by atoms with Gasteiger partial charge >= 0.3 is 0 Å². The molecule has 6 nitrogen and oxygen atoms in total. The summed E-state index contributed by atoms with van der Waals surface area (Å²) in [5.41, 5.74) is 8.21. The first kappa shape index (κ1) is 17.2. The highest BCUT2D eigenvalue weighted by Gasteiger charge is 2.35. The van der Waals surface area contributed by atoms with E-state index in [1.165, 1.54) is 5.56 Å². The fourth-order valence-corrected chi connectivity index (χ4v) is 4.00. The zero-order chi connectivity index (χ0) is 18.0. The van der Waals surface area contributed by atoms with Gasteiger partial charge in [-0.05, 0) is 31.2 Å². The van der Waals surface area contributed by atoms with Crippen LogP contribution in [-0.4, -0.2) is 40.9 Å². The number of rotatable bonds is 5. The largest absolute Gasteiger partial charge is 0.393 e. The molecule has 0 amide bonds. The molecular weight excluding hydrogens is 328 g/mol. The normalized spacial score (nSPS) is 24.7. The molecule has 1 aliphatic carbocycles. The number of benzene rings is 1. The van der Waals surface area contributed by atoms with E-state index in [9.17, 15) is 5.11 Å².